The molecule has 0 unspecified atom stereocenters. The summed E-state index contributed by atoms with van der Waals surface area (Å²) >= 11 is 2.15. The number of imidazole rings is 1. The number of thioether (sulfide) groups is 2. The fourth-order valence-electron chi connectivity index (χ4n) is 4.23. The Bertz CT molecular complexity index is 1300. The van der Waals surface area contributed by atoms with Gasteiger partial charge in [0, 0.05) is 28.3 Å². The first-order valence-corrected chi connectivity index (χ1v) is 17.4. The van der Waals surface area contributed by atoms with Crippen LogP contribution in [-0.2, 0) is 32.5 Å². The van der Waals surface area contributed by atoms with Crippen LogP contribution in [0.15, 0.2) is 12.7 Å². The first-order valence-electron chi connectivity index (χ1n) is 14.0. The second kappa shape index (κ2) is 13.8. The largest absolute Gasteiger partial charge is 0.475 e. The smallest absolute Gasteiger partial charge is 0.385 e. The first-order chi connectivity index (χ1) is 19.8. The summed E-state index contributed by atoms with van der Waals surface area (Å²) in [6.07, 6.45) is 0.251. The molecule has 1 fully saturated rings. The van der Waals surface area contributed by atoms with Crippen molar-refractivity contribution in [2.75, 3.05) is 30.5 Å². The summed E-state index contributed by atoms with van der Waals surface area (Å²) in [6, 6.07) is 0. The summed E-state index contributed by atoms with van der Waals surface area (Å²) in [7, 11) is -4.19. The van der Waals surface area contributed by atoms with Gasteiger partial charge in [0.25, 0.3) is 0 Å². The SMILES string of the molecule is C[C@H](OP(=O)(OCCSC(=O)C(C)(C)C)OCCSC(=O)C(C)(C)C)[C@H]1O[C@@H](n2cnc3c(N)ncnc32)[C@](C)(O)[C@@H]1C. The van der Waals surface area contributed by atoms with Gasteiger partial charge in [-0.25, -0.2) is 19.5 Å². The fourth-order valence-corrected chi connectivity index (χ4v) is 7.40. The third kappa shape index (κ3) is 8.78. The Morgan fingerprint density at radius 3 is 2.14 bits per heavy atom. The topological polar surface area (TPSA) is 178 Å². The van der Waals surface area contributed by atoms with Gasteiger partial charge in [0.2, 0.25) is 0 Å². The molecule has 1 saturated heterocycles. The number of rotatable bonds is 12. The van der Waals surface area contributed by atoms with Crippen molar-refractivity contribution in [2.24, 2.45) is 16.7 Å². The summed E-state index contributed by atoms with van der Waals surface area (Å²) in [5.74, 6) is 0.175. The Hall–Kier alpha value is -1.58. The number of nitrogen functional groups attached to an aromatic ring is 1. The summed E-state index contributed by atoms with van der Waals surface area (Å²) in [4.78, 5) is 37.1. The Morgan fingerprint density at radius 1 is 1.09 bits per heavy atom. The van der Waals surface area contributed by atoms with Crippen LogP contribution < -0.4 is 5.73 Å². The van der Waals surface area contributed by atoms with Crippen LogP contribution in [0.4, 0.5) is 5.82 Å². The number of ether oxygens (including phenoxy) is 1. The second-order valence-corrected chi connectivity index (χ2v) is 16.5. The highest BCUT2D eigenvalue weighted by molar-refractivity contribution is 8.14. The molecule has 1 aliphatic rings. The Morgan fingerprint density at radius 2 is 1.63 bits per heavy atom. The van der Waals surface area contributed by atoms with E-state index in [1.54, 1.807) is 25.3 Å². The number of carbonyl (C=O) groups is 2. The number of aliphatic hydroxyl groups is 1. The van der Waals surface area contributed by atoms with E-state index in [0.717, 1.165) is 23.5 Å². The molecular formula is C27H44N5O8PS2. The molecule has 5 atom stereocenters. The highest BCUT2D eigenvalue weighted by Crippen LogP contribution is 2.53. The molecule has 1 aliphatic heterocycles. The molecule has 43 heavy (non-hydrogen) atoms. The maximum atomic E-state index is 13.8. The van der Waals surface area contributed by atoms with Crippen molar-refractivity contribution in [1.82, 2.24) is 19.5 Å². The van der Waals surface area contributed by atoms with Gasteiger partial charge in [0.15, 0.2) is 27.9 Å². The Balaban J connectivity index is 1.74. The van der Waals surface area contributed by atoms with Crippen molar-refractivity contribution in [3.63, 3.8) is 0 Å². The lowest BCUT2D eigenvalue weighted by molar-refractivity contribution is -0.118. The number of aromatic nitrogens is 4. The minimum atomic E-state index is -4.19. The van der Waals surface area contributed by atoms with E-state index in [-0.39, 0.29) is 40.8 Å². The van der Waals surface area contributed by atoms with Crippen LogP contribution in [0, 0.1) is 16.7 Å². The number of phosphoric acid groups is 1. The molecule has 0 radical (unpaired) electrons. The zero-order chi connectivity index (χ0) is 32.4. The average Bonchev–Trinajstić information content (AvgIpc) is 3.42. The molecule has 0 aliphatic carbocycles. The molecule has 2 aromatic rings. The molecule has 0 saturated carbocycles. The minimum Gasteiger partial charge on any atom is -0.385 e. The standard InChI is InChI=1S/C27H44N5O8PS2/c1-16-19(39-22(27(16,9)35)32-15-31-18-20(28)29-14-30-21(18)32)17(2)40-41(36,37-10-12-42-23(33)25(3,4)5)38-11-13-43-24(34)26(6,7)8/h14-17,19,22,35H,10-13H2,1-9H3,(H2,28,29,30)/t16-,17+,19+,22-,27-/m1/s1. The fraction of sp³-hybridized carbons (Fsp3) is 0.741. The average molecular weight is 662 g/mol. The highest BCUT2D eigenvalue weighted by atomic mass is 32.2. The van der Waals surface area contributed by atoms with Crippen LogP contribution >= 0.6 is 31.3 Å². The van der Waals surface area contributed by atoms with E-state index >= 15 is 0 Å². The number of carbonyl (C=O) groups excluding carboxylic acids is 2. The molecule has 0 aromatic carbocycles. The van der Waals surface area contributed by atoms with Gasteiger partial charge in [0.1, 0.15) is 17.4 Å². The number of phosphoric ester groups is 1. The molecule has 0 spiro atoms. The molecule has 3 N–H and O–H groups in total. The Kier molecular flexibility index (Phi) is 11.5. The number of anilines is 1. The third-order valence-corrected chi connectivity index (χ3v) is 11.0. The van der Waals surface area contributed by atoms with E-state index < -0.39 is 48.6 Å². The summed E-state index contributed by atoms with van der Waals surface area (Å²) in [6.45, 7) is 15.8. The van der Waals surface area contributed by atoms with Gasteiger partial charge >= 0.3 is 7.82 Å². The highest BCUT2D eigenvalue weighted by Gasteiger charge is 2.54. The number of nitrogens with two attached hydrogens (primary N) is 1. The van der Waals surface area contributed by atoms with Gasteiger partial charge < -0.3 is 15.6 Å². The molecule has 0 amide bonds. The summed E-state index contributed by atoms with van der Waals surface area (Å²) < 4.78 is 38.9. The van der Waals surface area contributed by atoms with Gasteiger partial charge in [-0.05, 0) is 13.8 Å². The normalized spacial score (nSPS) is 24.0. The van der Waals surface area contributed by atoms with Crippen molar-refractivity contribution in [1.29, 1.82) is 0 Å². The lowest BCUT2D eigenvalue weighted by Gasteiger charge is -2.29. The van der Waals surface area contributed by atoms with Crippen LogP contribution in [0.3, 0.4) is 0 Å². The molecular weight excluding hydrogens is 617 g/mol. The van der Waals surface area contributed by atoms with Crippen molar-refractivity contribution in [3.8, 4) is 0 Å². The van der Waals surface area contributed by atoms with E-state index in [0.29, 0.717) is 11.2 Å². The van der Waals surface area contributed by atoms with Crippen molar-refractivity contribution in [3.05, 3.63) is 12.7 Å². The quantitative estimate of drug-likeness (QED) is 0.233. The molecule has 13 nitrogen and oxygen atoms in total. The first kappa shape index (κ1) is 35.9. The van der Waals surface area contributed by atoms with Crippen LogP contribution in [0.2, 0.25) is 0 Å². The zero-order valence-electron chi connectivity index (χ0n) is 26.2. The maximum Gasteiger partial charge on any atom is 0.475 e. The minimum absolute atomic E-state index is 0.0289. The van der Waals surface area contributed by atoms with Crippen molar-refractivity contribution in [2.45, 2.75) is 86.4 Å². The van der Waals surface area contributed by atoms with E-state index in [9.17, 15) is 19.3 Å². The number of hydrogen-bond donors (Lipinski definition) is 2. The molecule has 242 valence electrons. The van der Waals surface area contributed by atoms with Gasteiger partial charge in [-0.1, -0.05) is 72.0 Å². The lowest BCUT2D eigenvalue weighted by atomic mass is 9.86. The second-order valence-electron chi connectivity index (χ2n) is 12.7. The maximum absolute atomic E-state index is 13.8. The van der Waals surface area contributed by atoms with E-state index in [1.807, 2.05) is 41.5 Å². The molecule has 2 aromatic heterocycles. The zero-order valence-corrected chi connectivity index (χ0v) is 28.8. The van der Waals surface area contributed by atoms with Gasteiger partial charge in [-0.15, -0.1) is 0 Å². The van der Waals surface area contributed by atoms with E-state index in [4.69, 9.17) is 24.0 Å². The Labute approximate surface area is 261 Å². The summed E-state index contributed by atoms with van der Waals surface area (Å²) in [5.41, 5.74) is 4.22. The number of hydrogen-bond acceptors (Lipinski definition) is 14. The molecule has 3 heterocycles. The summed E-state index contributed by atoms with van der Waals surface area (Å²) in [5, 5.41) is 11.5. The van der Waals surface area contributed by atoms with Crippen molar-refractivity contribution < 1.29 is 37.6 Å². The molecule has 3 rings (SSSR count). The molecule has 16 heteroatoms. The lowest BCUT2D eigenvalue weighted by Crippen LogP contribution is -2.40. The van der Waals surface area contributed by atoms with Crippen molar-refractivity contribution >= 4 is 58.6 Å². The van der Waals surface area contributed by atoms with Gasteiger partial charge in [0.05, 0.1) is 31.7 Å². The van der Waals surface area contributed by atoms with Gasteiger partial charge in [-0.3, -0.25) is 27.7 Å². The van der Waals surface area contributed by atoms with E-state index in [1.165, 1.54) is 12.7 Å². The predicted molar refractivity (Wildman–Crippen MR) is 167 cm³/mol. The molecule has 0 bridgehead atoms. The van der Waals surface area contributed by atoms with E-state index in [2.05, 4.69) is 15.0 Å². The predicted octanol–water partition coefficient (Wildman–Crippen LogP) is 4.85. The van der Waals surface area contributed by atoms with Crippen LogP contribution in [0.5, 0.6) is 0 Å². The van der Waals surface area contributed by atoms with Crippen LogP contribution in [0.1, 0.15) is 68.5 Å². The third-order valence-electron chi connectivity index (χ3n) is 6.95. The monoisotopic (exact) mass is 661 g/mol. The van der Waals surface area contributed by atoms with Crippen LogP contribution in [0.25, 0.3) is 11.2 Å². The van der Waals surface area contributed by atoms with Crippen LogP contribution in [-0.4, -0.2) is 77.4 Å². The number of fused-ring (bicyclic) bond motifs is 1. The number of nitrogens with zero attached hydrogens (tertiary/aromatic N) is 4. The van der Waals surface area contributed by atoms with Gasteiger partial charge in [-0.2, -0.15) is 0 Å².